The molecule has 0 spiro atoms. The molecular weight excluding hydrogens is 276 g/mol. The van der Waals surface area contributed by atoms with Crippen molar-refractivity contribution in [3.63, 3.8) is 0 Å². The zero-order valence-electron chi connectivity index (χ0n) is 12.1. The molecule has 0 N–H and O–H groups in total. The molecule has 0 aromatic carbocycles. The average Bonchev–Trinajstić information content (AvgIpc) is 3.08. The minimum Gasteiger partial charge on any atom is -0.468 e. The lowest BCUT2D eigenvalue weighted by molar-refractivity contribution is 0.223. The van der Waals surface area contributed by atoms with Crippen LogP contribution in [0, 0.1) is 0 Å². The summed E-state index contributed by atoms with van der Waals surface area (Å²) >= 11 is 0. The first-order valence-corrected chi connectivity index (χ1v) is 7.38. The topological polar surface area (TPSA) is 55.1 Å². The molecule has 3 aromatic heterocycles. The number of furan rings is 1. The average molecular weight is 292 g/mol. The summed E-state index contributed by atoms with van der Waals surface area (Å²) in [6.45, 7) is 2.68. The minimum atomic E-state index is 0.756. The first-order valence-electron chi connectivity index (χ1n) is 7.38. The van der Waals surface area contributed by atoms with Crippen LogP contribution in [0.25, 0.3) is 11.4 Å². The molecule has 0 radical (unpaired) electrons. The molecule has 3 aromatic rings. The third kappa shape index (κ3) is 2.63. The van der Waals surface area contributed by atoms with Crippen molar-refractivity contribution < 1.29 is 4.42 Å². The maximum atomic E-state index is 5.42. The molecule has 1 aliphatic heterocycles. The second kappa shape index (κ2) is 5.69. The lowest BCUT2D eigenvalue weighted by Crippen LogP contribution is -2.30. The van der Waals surface area contributed by atoms with Crippen molar-refractivity contribution in [1.82, 2.24) is 19.9 Å². The molecule has 0 aliphatic carbocycles. The Kier molecular flexibility index (Phi) is 3.40. The van der Waals surface area contributed by atoms with Crippen molar-refractivity contribution in [2.45, 2.75) is 19.5 Å². The van der Waals surface area contributed by atoms with Gasteiger partial charge in [-0.05, 0) is 24.3 Å². The predicted molar refractivity (Wildman–Crippen MR) is 81.8 cm³/mol. The van der Waals surface area contributed by atoms with Gasteiger partial charge in [0.15, 0.2) is 5.82 Å². The number of rotatable bonds is 3. The van der Waals surface area contributed by atoms with Crippen LogP contribution in [0.15, 0.2) is 53.5 Å². The highest BCUT2D eigenvalue weighted by atomic mass is 16.3. The van der Waals surface area contributed by atoms with E-state index < -0.39 is 0 Å². The minimum absolute atomic E-state index is 0.756. The Labute approximate surface area is 128 Å². The van der Waals surface area contributed by atoms with Gasteiger partial charge in [0.2, 0.25) is 0 Å². The number of pyridine rings is 1. The third-order valence-corrected chi connectivity index (χ3v) is 3.89. The highest BCUT2D eigenvalue weighted by Crippen LogP contribution is 2.21. The first kappa shape index (κ1) is 13.2. The quantitative estimate of drug-likeness (QED) is 0.743. The summed E-state index contributed by atoms with van der Waals surface area (Å²) in [6, 6.07) is 7.83. The van der Waals surface area contributed by atoms with Crippen LogP contribution in [-0.4, -0.2) is 26.4 Å². The molecule has 0 saturated carbocycles. The fourth-order valence-corrected chi connectivity index (χ4v) is 2.77. The Morgan fingerprint density at radius 2 is 2.18 bits per heavy atom. The fourth-order valence-electron chi connectivity index (χ4n) is 2.77. The molecule has 4 rings (SSSR count). The number of nitrogens with zero attached hydrogens (tertiary/aromatic N) is 4. The monoisotopic (exact) mass is 292 g/mol. The lowest BCUT2D eigenvalue weighted by Gasteiger charge is -2.27. The summed E-state index contributed by atoms with van der Waals surface area (Å²) in [5.74, 6) is 1.75. The van der Waals surface area contributed by atoms with Crippen molar-refractivity contribution >= 4 is 0 Å². The van der Waals surface area contributed by atoms with E-state index in [1.165, 1.54) is 5.56 Å². The maximum absolute atomic E-state index is 5.42. The van der Waals surface area contributed by atoms with Crippen LogP contribution in [-0.2, 0) is 19.5 Å². The Morgan fingerprint density at radius 1 is 1.18 bits per heavy atom. The summed E-state index contributed by atoms with van der Waals surface area (Å²) in [7, 11) is 0. The summed E-state index contributed by atoms with van der Waals surface area (Å²) in [6.07, 6.45) is 8.16. The van der Waals surface area contributed by atoms with E-state index in [9.17, 15) is 0 Å². The highest BCUT2D eigenvalue weighted by molar-refractivity contribution is 5.53. The lowest BCUT2D eigenvalue weighted by atomic mass is 10.1. The molecule has 1 aliphatic rings. The molecule has 22 heavy (non-hydrogen) atoms. The van der Waals surface area contributed by atoms with Crippen LogP contribution in [0.1, 0.15) is 17.0 Å². The van der Waals surface area contributed by atoms with Gasteiger partial charge in [0.1, 0.15) is 5.76 Å². The standard InChI is InChI=1S/C17H16N4O/c1-3-13(9-18-6-1)17-19-10-14-11-21(7-5-16(14)20-17)12-15-4-2-8-22-15/h1-4,6,8-10H,5,7,11-12H2. The van der Waals surface area contributed by atoms with Gasteiger partial charge in [0.05, 0.1) is 18.5 Å². The Morgan fingerprint density at radius 3 is 3.00 bits per heavy atom. The van der Waals surface area contributed by atoms with E-state index in [-0.39, 0.29) is 0 Å². The summed E-state index contributed by atoms with van der Waals surface area (Å²) in [4.78, 5) is 15.7. The molecular formula is C17H16N4O. The van der Waals surface area contributed by atoms with Gasteiger partial charge in [0.25, 0.3) is 0 Å². The van der Waals surface area contributed by atoms with Crippen LogP contribution >= 0.6 is 0 Å². The predicted octanol–water partition coefficient (Wildman–Crippen LogP) is 2.69. The van der Waals surface area contributed by atoms with E-state index in [1.54, 1.807) is 18.7 Å². The molecule has 0 fully saturated rings. The van der Waals surface area contributed by atoms with Gasteiger partial charge in [-0.2, -0.15) is 0 Å². The van der Waals surface area contributed by atoms with E-state index in [4.69, 9.17) is 9.40 Å². The molecule has 0 atom stereocenters. The largest absolute Gasteiger partial charge is 0.468 e. The van der Waals surface area contributed by atoms with Gasteiger partial charge in [-0.3, -0.25) is 9.88 Å². The molecule has 0 saturated heterocycles. The highest BCUT2D eigenvalue weighted by Gasteiger charge is 2.19. The molecule has 0 amide bonds. The van der Waals surface area contributed by atoms with Gasteiger partial charge in [0, 0.05) is 49.2 Å². The summed E-state index contributed by atoms with van der Waals surface area (Å²) in [5, 5.41) is 0. The Hall–Kier alpha value is -2.53. The number of hydrogen-bond donors (Lipinski definition) is 0. The molecule has 0 bridgehead atoms. The molecule has 4 heterocycles. The van der Waals surface area contributed by atoms with Crippen LogP contribution in [0.4, 0.5) is 0 Å². The van der Waals surface area contributed by atoms with Gasteiger partial charge >= 0.3 is 0 Å². The first-order chi connectivity index (χ1) is 10.9. The van der Waals surface area contributed by atoms with Crippen molar-refractivity contribution in [2.24, 2.45) is 0 Å². The second-order valence-electron chi connectivity index (χ2n) is 5.45. The van der Waals surface area contributed by atoms with E-state index in [0.29, 0.717) is 0 Å². The number of fused-ring (bicyclic) bond motifs is 1. The van der Waals surface area contributed by atoms with Crippen LogP contribution in [0.2, 0.25) is 0 Å². The smallest absolute Gasteiger partial charge is 0.160 e. The van der Waals surface area contributed by atoms with Crippen LogP contribution < -0.4 is 0 Å². The van der Waals surface area contributed by atoms with Crippen molar-refractivity contribution in [2.75, 3.05) is 6.54 Å². The van der Waals surface area contributed by atoms with E-state index in [1.807, 2.05) is 30.5 Å². The van der Waals surface area contributed by atoms with Gasteiger partial charge < -0.3 is 4.42 Å². The SMILES string of the molecule is c1cncc(-c2ncc3c(n2)CCN(Cc2ccco2)C3)c1. The zero-order valence-corrected chi connectivity index (χ0v) is 12.1. The number of hydrogen-bond acceptors (Lipinski definition) is 5. The van der Waals surface area contributed by atoms with Crippen molar-refractivity contribution in [3.05, 3.63) is 66.1 Å². The fraction of sp³-hybridized carbons (Fsp3) is 0.235. The summed E-state index contributed by atoms with van der Waals surface area (Å²) in [5.41, 5.74) is 3.30. The van der Waals surface area contributed by atoms with Crippen molar-refractivity contribution in [1.29, 1.82) is 0 Å². The van der Waals surface area contributed by atoms with Crippen molar-refractivity contribution in [3.8, 4) is 11.4 Å². The van der Waals surface area contributed by atoms with E-state index in [2.05, 4.69) is 14.9 Å². The zero-order chi connectivity index (χ0) is 14.8. The van der Waals surface area contributed by atoms with Gasteiger partial charge in [-0.15, -0.1) is 0 Å². The second-order valence-corrected chi connectivity index (χ2v) is 5.45. The Balaban J connectivity index is 1.54. The third-order valence-electron chi connectivity index (χ3n) is 3.89. The normalized spacial score (nSPS) is 14.7. The molecule has 110 valence electrons. The molecule has 0 unspecified atom stereocenters. The van der Waals surface area contributed by atoms with Crippen LogP contribution in [0.3, 0.4) is 0 Å². The molecule has 5 nitrogen and oxygen atoms in total. The molecule has 5 heteroatoms. The van der Waals surface area contributed by atoms with Gasteiger partial charge in [-0.25, -0.2) is 9.97 Å². The van der Waals surface area contributed by atoms with Gasteiger partial charge in [-0.1, -0.05) is 0 Å². The van der Waals surface area contributed by atoms with Crippen LogP contribution in [0.5, 0.6) is 0 Å². The Bertz CT molecular complexity index is 756. The maximum Gasteiger partial charge on any atom is 0.160 e. The number of aromatic nitrogens is 3. The van der Waals surface area contributed by atoms with E-state index in [0.717, 1.165) is 48.9 Å². The summed E-state index contributed by atoms with van der Waals surface area (Å²) < 4.78 is 5.42. The van der Waals surface area contributed by atoms with E-state index >= 15 is 0 Å².